The molecular formula is C19H27N3O4. The lowest BCUT2D eigenvalue weighted by Gasteiger charge is -2.34. The number of hydrogen-bond donors (Lipinski definition) is 3. The van der Waals surface area contributed by atoms with E-state index >= 15 is 0 Å². The van der Waals surface area contributed by atoms with Crippen LogP contribution in [0, 0.1) is 0 Å². The Morgan fingerprint density at radius 2 is 2.15 bits per heavy atom. The van der Waals surface area contributed by atoms with E-state index in [0.717, 1.165) is 31.5 Å². The summed E-state index contributed by atoms with van der Waals surface area (Å²) in [6.45, 7) is 2.57. The van der Waals surface area contributed by atoms with Gasteiger partial charge in [-0.15, -0.1) is 0 Å². The lowest BCUT2D eigenvalue weighted by atomic mass is 9.91. The standard InChI is InChI=1S/C19H27N3O4/c1-25-19(7-9-20-10-8-19)18(24)21-13-14-4-2-5-15(12-14)22-17(23)16-6-3-11-26-16/h2,4-5,12,16,20H,3,6-11,13H2,1H3,(H,21,24)(H,22,23). The predicted octanol–water partition coefficient (Wildman–Crippen LogP) is 1.19. The summed E-state index contributed by atoms with van der Waals surface area (Å²) in [7, 11) is 1.59. The Hall–Kier alpha value is -1.96. The molecule has 142 valence electrons. The second kappa shape index (κ2) is 8.62. The molecule has 26 heavy (non-hydrogen) atoms. The van der Waals surface area contributed by atoms with Crippen LogP contribution in [0.25, 0.3) is 0 Å². The van der Waals surface area contributed by atoms with Gasteiger partial charge in [-0.05, 0) is 56.5 Å². The Kier molecular flexibility index (Phi) is 6.24. The highest BCUT2D eigenvalue weighted by molar-refractivity contribution is 5.94. The van der Waals surface area contributed by atoms with Gasteiger partial charge in [0.2, 0.25) is 0 Å². The van der Waals surface area contributed by atoms with Crippen LogP contribution >= 0.6 is 0 Å². The molecule has 0 aromatic heterocycles. The molecule has 0 aliphatic carbocycles. The van der Waals surface area contributed by atoms with Crippen molar-refractivity contribution in [1.29, 1.82) is 0 Å². The summed E-state index contributed by atoms with van der Waals surface area (Å²) in [6, 6.07) is 7.49. The Morgan fingerprint density at radius 3 is 2.85 bits per heavy atom. The molecule has 1 atom stereocenters. The Morgan fingerprint density at radius 1 is 1.35 bits per heavy atom. The smallest absolute Gasteiger partial charge is 0.253 e. The maximum atomic E-state index is 12.6. The number of benzene rings is 1. The number of rotatable bonds is 6. The zero-order chi connectivity index (χ0) is 18.4. The molecule has 2 fully saturated rings. The number of anilines is 1. The number of carbonyl (C=O) groups is 2. The fourth-order valence-corrected chi connectivity index (χ4v) is 3.46. The Bertz CT molecular complexity index is 637. The van der Waals surface area contributed by atoms with Gasteiger partial charge in [-0.1, -0.05) is 12.1 Å². The van der Waals surface area contributed by atoms with Gasteiger partial charge < -0.3 is 25.4 Å². The number of amides is 2. The van der Waals surface area contributed by atoms with Crippen LogP contribution in [-0.2, 0) is 25.6 Å². The Balaban J connectivity index is 1.56. The first-order valence-electron chi connectivity index (χ1n) is 9.18. The topological polar surface area (TPSA) is 88.7 Å². The first-order chi connectivity index (χ1) is 12.6. The van der Waals surface area contributed by atoms with Crippen LogP contribution < -0.4 is 16.0 Å². The van der Waals surface area contributed by atoms with E-state index in [0.29, 0.717) is 31.7 Å². The molecule has 3 N–H and O–H groups in total. The minimum absolute atomic E-state index is 0.0877. The molecule has 1 unspecified atom stereocenters. The van der Waals surface area contributed by atoms with E-state index in [1.54, 1.807) is 7.11 Å². The highest BCUT2D eigenvalue weighted by Gasteiger charge is 2.39. The van der Waals surface area contributed by atoms with E-state index in [4.69, 9.17) is 9.47 Å². The van der Waals surface area contributed by atoms with Gasteiger partial charge in [0.1, 0.15) is 11.7 Å². The van der Waals surface area contributed by atoms with E-state index in [-0.39, 0.29) is 17.9 Å². The number of nitrogens with one attached hydrogen (secondary N) is 3. The van der Waals surface area contributed by atoms with E-state index in [2.05, 4.69) is 16.0 Å². The third-order valence-electron chi connectivity index (χ3n) is 5.09. The zero-order valence-corrected chi connectivity index (χ0v) is 15.2. The molecule has 2 aliphatic heterocycles. The van der Waals surface area contributed by atoms with Crippen molar-refractivity contribution >= 4 is 17.5 Å². The lowest BCUT2D eigenvalue weighted by molar-refractivity contribution is -0.146. The SMILES string of the molecule is COC1(C(=O)NCc2cccc(NC(=O)C3CCCO3)c2)CCNCC1. The molecule has 2 aliphatic rings. The number of carbonyl (C=O) groups excluding carboxylic acids is 2. The molecule has 1 aromatic carbocycles. The van der Waals surface area contributed by atoms with Gasteiger partial charge in [0, 0.05) is 25.9 Å². The third kappa shape index (κ3) is 4.41. The van der Waals surface area contributed by atoms with Crippen LogP contribution in [0.1, 0.15) is 31.2 Å². The second-order valence-corrected chi connectivity index (χ2v) is 6.82. The van der Waals surface area contributed by atoms with Crippen molar-refractivity contribution in [1.82, 2.24) is 10.6 Å². The van der Waals surface area contributed by atoms with Gasteiger partial charge in [-0.3, -0.25) is 9.59 Å². The minimum Gasteiger partial charge on any atom is -0.368 e. The molecule has 0 spiro atoms. The highest BCUT2D eigenvalue weighted by Crippen LogP contribution is 2.23. The van der Waals surface area contributed by atoms with E-state index in [1.165, 1.54) is 0 Å². The summed E-state index contributed by atoms with van der Waals surface area (Å²) in [4.78, 5) is 24.8. The normalized spacial score (nSPS) is 22.0. The highest BCUT2D eigenvalue weighted by atomic mass is 16.5. The quantitative estimate of drug-likeness (QED) is 0.708. The van der Waals surface area contributed by atoms with Crippen molar-refractivity contribution in [2.45, 2.75) is 43.9 Å². The van der Waals surface area contributed by atoms with Crippen LogP contribution in [0.3, 0.4) is 0 Å². The maximum Gasteiger partial charge on any atom is 0.253 e. The van der Waals surface area contributed by atoms with E-state index in [1.807, 2.05) is 24.3 Å². The van der Waals surface area contributed by atoms with Crippen molar-refractivity contribution < 1.29 is 19.1 Å². The monoisotopic (exact) mass is 361 g/mol. The second-order valence-electron chi connectivity index (χ2n) is 6.82. The molecular weight excluding hydrogens is 334 g/mol. The molecule has 2 heterocycles. The van der Waals surface area contributed by atoms with Crippen molar-refractivity contribution in [3.05, 3.63) is 29.8 Å². The largest absolute Gasteiger partial charge is 0.368 e. The summed E-state index contributed by atoms with van der Waals surface area (Å²) >= 11 is 0. The summed E-state index contributed by atoms with van der Waals surface area (Å²) in [6.07, 6.45) is 2.63. The van der Waals surface area contributed by atoms with Gasteiger partial charge in [0.25, 0.3) is 11.8 Å². The van der Waals surface area contributed by atoms with Crippen molar-refractivity contribution in [2.24, 2.45) is 0 Å². The summed E-state index contributed by atoms with van der Waals surface area (Å²) in [5.41, 5.74) is 0.876. The number of piperidine rings is 1. The lowest BCUT2D eigenvalue weighted by Crippen LogP contribution is -2.53. The molecule has 3 rings (SSSR count). The van der Waals surface area contributed by atoms with Gasteiger partial charge in [-0.25, -0.2) is 0 Å². The molecule has 0 bridgehead atoms. The van der Waals surface area contributed by atoms with Crippen molar-refractivity contribution in [3.8, 4) is 0 Å². The summed E-state index contributed by atoms with van der Waals surface area (Å²) in [5.74, 6) is -0.202. The number of methoxy groups -OCH3 is 1. The molecule has 2 amide bonds. The predicted molar refractivity (Wildman–Crippen MR) is 97.7 cm³/mol. The molecule has 0 radical (unpaired) electrons. The van der Waals surface area contributed by atoms with Crippen molar-refractivity contribution in [2.75, 3.05) is 32.1 Å². The summed E-state index contributed by atoms with van der Waals surface area (Å²) in [5, 5.41) is 9.09. The molecule has 2 saturated heterocycles. The van der Waals surface area contributed by atoms with Gasteiger partial charge in [0.15, 0.2) is 0 Å². The molecule has 7 nitrogen and oxygen atoms in total. The minimum atomic E-state index is -0.753. The van der Waals surface area contributed by atoms with Crippen LogP contribution in [0.4, 0.5) is 5.69 Å². The van der Waals surface area contributed by atoms with Gasteiger partial charge in [-0.2, -0.15) is 0 Å². The van der Waals surface area contributed by atoms with Crippen LogP contribution in [-0.4, -0.2) is 50.3 Å². The fraction of sp³-hybridized carbons (Fsp3) is 0.579. The van der Waals surface area contributed by atoms with Crippen LogP contribution in [0.2, 0.25) is 0 Å². The molecule has 7 heteroatoms. The van der Waals surface area contributed by atoms with Crippen LogP contribution in [0.5, 0.6) is 0 Å². The maximum absolute atomic E-state index is 12.6. The van der Waals surface area contributed by atoms with E-state index in [9.17, 15) is 9.59 Å². The average Bonchev–Trinajstić information content (AvgIpc) is 3.22. The molecule has 0 saturated carbocycles. The first kappa shape index (κ1) is 18.8. The average molecular weight is 361 g/mol. The van der Waals surface area contributed by atoms with E-state index < -0.39 is 5.60 Å². The molecule has 1 aromatic rings. The Labute approximate surface area is 153 Å². The fourth-order valence-electron chi connectivity index (χ4n) is 3.46. The van der Waals surface area contributed by atoms with Crippen LogP contribution in [0.15, 0.2) is 24.3 Å². The van der Waals surface area contributed by atoms with Crippen molar-refractivity contribution in [3.63, 3.8) is 0 Å². The third-order valence-corrected chi connectivity index (χ3v) is 5.09. The van der Waals surface area contributed by atoms with Gasteiger partial charge >= 0.3 is 0 Å². The zero-order valence-electron chi connectivity index (χ0n) is 15.2. The van der Waals surface area contributed by atoms with Gasteiger partial charge in [0.05, 0.1) is 0 Å². The number of ether oxygens (including phenoxy) is 2. The number of hydrogen-bond acceptors (Lipinski definition) is 5. The summed E-state index contributed by atoms with van der Waals surface area (Å²) < 4.78 is 10.9. The first-order valence-corrected chi connectivity index (χ1v) is 9.18.